The average Bonchev–Trinajstić information content (AvgIpc) is 3.06. The molecule has 0 amide bonds. The zero-order valence-electron chi connectivity index (χ0n) is 20.8. The van der Waals surface area contributed by atoms with Gasteiger partial charge in [0.15, 0.2) is 12.6 Å². The lowest BCUT2D eigenvalue weighted by molar-refractivity contribution is -0.314. The van der Waals surface area contributed by atoms with E-state index in [9.17, 15) is 35.7 Å². The highest BCUT2D eigenvalue weighted by Crippen LogP contribution is 2.44. The third kappa shape index (κ3) is 6.42. The predicted octanol–water partition coefficient (Wildman–Crippen LogP) is -1.35. The third-order valence-corrected chi connectivity index (χ3v) is 7.53. The van der Waals surface area contributed by atoms with E-state index >= 15 is 0 Å². The standard InChI is InChI=1S/C24H42O11/c1-12-7-14(26)8-23(3,4)15(12)6-5-13(2)34-21-19(29)18(28)17(27)16(35-21)9-32-22-20(30)24(31,10-25)11-33-22/h5-6,12-22,25-31H,7-11H2,1-4H3. The minimum absolute atomic E-state index is 0.0913. The van der Waals surface area contributed by atoms with E-state index in [-0.39, 0.29) is 36.6 Å². The van der Waals surface area contributed by atoms with Crippen LogP contribution in [0.25, 0.3) is 0 Å². The second kappa shape index (κ2) is 11.4. The van der Waals surface area contributed by atoms with Crippen LogP contribution in [0, 0.1) is 17.3 Å². The summed E-state index contributed by atoms with van der Waals surface area (Å²) in [5.74, 6) is 0.502. The molecule has 7 N–H and O–H groups in total. The molecule has 11 nitrogen and oxygen atoms in total. The molecule has 12 atom stereocenters. The van der Waals surface area contributed by atoms with Crippen LogP contribution in [0.4, 0.5) is 0 Å². The van der Waals surface area contributed by atoms with Crippen molar-refractivity contribution in [2.45, 2.75) is 101 Å². The zero-order chi connectivity index (χ0) is 26.1. The minimum atomic E-state index is -1.86. The molecular formula is C24H42O11. The monoisotopic (exact) mass is 506 g/mol. The largest absolute Gasteiger partial charge is 0.393 e. The lowest BCUT2D eigenvalue weighted by atomic mass is 9.63. The Balaban J connectivity index is 1.58. The van der Waals surface area contributed by atoms with Gasteiger partial charge < -0.3 is 54.7 Å². The van der Waals surface area contributed by atoms with E-state index < -0.39 is 61.4 Å². The second-order valence-corrected chi connectivity index (χ2v) is 11.0. The maximum atomic E-state index is 10.4. The molecule has 0 aromatic carbocycles. The summed E-state index contributed by atoms with van der Waals surface area (Å²) in [6.45, 7) is 6.71. The normalized spacial score (nSPS) is 47.3. The summed E-state index contributed by atoms with van der Waals surface area (Å²) in [5.41, 5.74) is -1.95. The molecule has 0 bridgehead atoms. The van der Waals surface area contributed by atoms with E-state index in [1.807, 2.05) is 6.08 Å². The lowest BCUT2D eigenvalue weighted by Crippen LogP contribution is -2.60. The van der Waals surface area contributed by atoms with E-state index in [2.05, 4.69) is 26.8 Å². The molecule has 2 aliphatic heterocycles. The summed E-state index contributed by atoms with van der Waals surface area (Å²) < 4.78 is 22.1. The van der Waals surface area contributed by atoms with Crippen molar-refractivity contribution in [3.8, 4) is 0 Å². The van der Waals surface area contributed by atoms with Crippen LogP contribution in [-0.2, 0) is 18.9 Å². The fourth-order valence-corrected chi connectivity index (χ4v) is 5.45. The lowest BCUT2D eigenvalue weighted by Gasteiger charge is -2.44. The van der Waals surface area contributed by atoms with Gasteiger partial charge >= 0.3 is 0 Å². The van der Waals surface area contributed by atoms with Crippen molar-refractivity contribution in [2.24, 2.45) is 17.3 Å². The first-order valence-electron chi connectivity index (χ1n) is 12.2. The minimum Gasteiger partial charge on any atom is -0.393 e. The van der Waals surface area contributed by atoms with Crippen LogP contribution in [0.1, 0.15) is 40.5 Å². The summed E-state index contributed by atoms with van der Waals surface area (Å²) in [6, 6.07) is 0. The summed E-state index contributed by atoms with van der Waals surface area (Å²) in [5, 5.41) is 70.5. The van der Waals surface area contributed by atoms with Crippen LogP contribution in [0.5, 0.6) is 0 Å². The first kappa shape index (κ1) is 28.9. The molecule has 2 saturated heterocycles. The molecule has 1 aliphatic carbocycles. The summed E-state index contributed by atoms with van der Waals surface area (Å²) in [4.78, 5) is 0. The maximum absolute atomic E-state index is 10.4. The number of allylic oxidation sites excluding steroid dienone is 1. The molecule has 12 unspecified atom stereocenters. The Labute approximate surface area is 205 Å². The van der Waals surface area contributed by atoms with E-state index in [0.717, 1.165) is 6.42 Å². The zero-order valence-corrected chi connectivity index (χ0v) is 20.8. The number of aliphatic hydroxyl groups is 7. The second-order valence-electron chi connectivity index (χ2n) is 11.0. The Morgan fingerprint density at radius 2 is 1.74 bits per heavy atom. The smallest absolute Gasteiger partial charge is 0.187 e. The van der Waals surface area contributed by atoms with Crippen LogP contribution in [-0.4, -0.2) is 116 Å². The summed E-state index contributed by atoms with van der Waals surface area (Å²) >= 11 is 0. The van der Waals surface area contributed by atoms with Gasteiger partial charge in [0.05, 0.1) is 32.0 Å². The van der Waals surface area contributed by atoms with Crippen molar-refractivity contribution in [3.05, 3.63) is 12.2 Å². The number of ether oxygens (including phenoxy) is 4. The van der Waals surface area contributed by atoms with Crippen molar-refractivity contribution in [1.82, 2.24) is 0 Å². The van der Waals surface area contributed by atoms with Gasteiger partial charge in [0.25, 0.3) is 0 Å². The van der Waals surface area contributed by atoms with Crippen molar-refractivity contribution < 1.29 is 54.7 Å². The number of hydrogen-bond acceptors (Lipinski definition) is 11. The molecule has 35 heavy (non-hydrogen) atoms. The highest BCUT2D eigenvalue weighted by atomic mass is 16.7. The van der Waals surface area contributed by atoms with Gasteiger partial charge in [-0.3, -0.25) is 0 Å². The molecule has 11 heteroatoms. The first-order chi connectivity index (χ1) is 16.3. The summed E-state index contributed by atoms with van der Waals surface area (Å²) in [6.07, 6.45) is -5.21. The molecule has 204 valence electrons. The molecule has 3 fully saturated rings. The quantitative estimate of drug-likeness (QED) is 0.194. The molecule has 0 aromatic heterocycles. The van der Waals surface area contributed by atoms with Gasteiger partial charge in [0.2, 0.25) is 0 Å². The predicted molar refractivity (Wildman–Crippen MR) is 122 cm³/mol. The van der Waals surface area contributed by atoms with Crippen LogP contribution in [0.2, 0.25) is 0 Å². The van der Waals surface area contributed by atoms with Gasteiger partial charge in [-0.05, 0) is 37.0 Å². The molecule has 1 saturated carbocycles. The molecule has 2 heterocycles. The molecule has 0 spiro atoms. The highest BCUT2D eigenvalue weighted by Gasteiger charge is 2.50. The van der Waals surface area contributed by atoms with Crippen LogP contribution in [0.15, 0.2) is 12.2 Å². The van der Waals surface area contributed by atoms with Gasteiger partial charge in [0.1, 0.15) is 36.1 Å². The van der Waals surface area contributed by atoms with Crippen molar-refractivity contribution in [3.63, 3.8) is 0 Å². The number of aliphatic hydroxyl groups excluding tert-OH is 6. The van der Waals surface area contributed by atoms with Gasteiger partial charge in [-0.25, -0.2) is 0 Å². The maximum Gasteiger partial charge on any atom is 0.187 e. The van der Waals surface area contributed by atoms with E-state index in [4.69, 9.17) is 18.9 Å². The molecule has 0 radical (unpaired) electrons. The third-order valence-electron chi connectivity index (χ3n) is 7.53. The van der Waals surface area contributed by atoms with E-state index in [1.54, 1.807) is 6.92 Å². The average molecular weight is 507 g/mol. The van der Waals surface area contributed by atoms with Gasteiger partial charge in [-0.1, -0.05) is 32.9 Å². The Morgan fingerprint density at radius 1 is 1.06 bits per heavy atom. The Kier molecular flexibility index (Phi) is 9.37. The van der Waals surface area contributed by atoms with Crippen LogP contribution in [0.3, 0.4) is 0 Å². The van der Waals surface area contributed by atoms with E-state index in [1.165, 1.54) is 0 Å². The summed E-state index contributed by atoms with van der Waals surface area (Å²) in [7, 11) is 0. The topological polar surface area (TPSA) is 179 Å². The Hall–Kier alpha value is -0.700. The fourth-order valence-electron chi connectivity index (χ4n) is 5.45. The van der Waals surface area contributed by atoms with Crippen molar-refractivity contribution >= 4 is 0 Å². The fraction of sp³-hybridized carbons (Fsp3) is 0.917. The number of hydrogen-bond donors (Lipinski definition) is 7. The van der Waals surface area contributed by atoms with Crippen LogP contribution < -0.4 is 0 Å². The van der Waals surface area contributed by atoms with Crippen molar-refractivity contribution in [1.29, 1.82) is 0 Å². The van der Waals surface area contributed by atoms with Gasteiger partial charge in [0, 0.05) is 0 Å². The van der Waals surface area contributed by atoms with Gasteiger partial charge in [-0.15, -0.1) is 0 Å². The SMILES string of the molecule is CC(C=CC1C(C)CC(O)CC1(C)C)OC1OC(COC2OCC(O)(CO)C2O)C(O)C(O)C1O. The van der Waals surface area contributed by atoms with Crippen molar-refractivity contribution in [2.75, 3.05) is 19.8 Å². The molecule has 3 rings (SSSR count). The Morgan fingerprint density at radius 3 is 2.34 bits per heavy atom. The highest BCUT2D eigenvalue weighted by molar-refractivity contribution is 5.03. The molecular weight excluding hydrogens is 464 g/mol. The van der Waals surface area contributed by atoms with Crippen LogP contribution >= 0.6 is 0 Å². The van der Waals surface area contributed by atoms with E-state index in [0.29, 0.717) is 6.42 Å². The first-order valence-corrected chi connectivity index (χ1v) is 12.2. The molecule has 0 aromatic rings. The van der Waals surface area contributed by atoms with Gasteiger partial charge in [-0.2, -0.15) is 0 Å². The number of rotatable bonds is 8. The Bertz CT molecular complexity index is 718. The molecule has 3 aliphatic rings.